The molecule has 2 rings (SSSR count). The molecular formula is C15H16N4O. The SMILES string of the molecule is CC(C)C(Nc1c(C#N)cnc2ccccc12)C(N)=O. The highest BCUT2D eigenvalue weighted by atomic mass is 16.1. The average Bonchev–Trinajstić information content (AvgIpc) is 2.43. The molecule has 0 aliphatic rings. The number of nitrogens with two attached hydrogens (primary N) is 1. The van der Waals surface area contributed by atoms with E-state index in [4.69, 9.17) is 5.73 Å². The molecule has 1 aromatic carbocycles. The predicted molar refractivity (Wildman–Crippen MR) is 77.9 cm³/mol. The molecule has 20 heavy (non-hydrogen) atoms. The van der Waals surface area contributed by atoms with Gasteiger partial charge in [0.25, 0.3) is 0 Å². The molecule has 0 saturated carbocycles. The molecule has 3 N–H and O–H groups in total. The molecule has 0 saturated heterocycles. The van der Waals surface area contributed by atoms with Gasteiger partial charge in [0.1, 0.15) is 12.1 Å². The monoisotopic (exact) mass is 268 g/mol. The first-order valence-electron chi connectivity index (χ1n) is 6.38. The van der Waals surface area contributed by atoms with E-state index >= 15 is 0 Å². The van der Waals surface area contributed by atoms with Crippen LogP contribution in [0.3, 0.4) is 0 Å². The molecule has 1 aromatic heterocycles. The van der Waals surface area contributed by atoms with Gasteiger partial charge in [0.2, 0.25) is 5.91 Å². The van der Waals surface area contributed by atoms with E-state index in [1.54, 1.807) is 0 Å². The van der Waals surface area contributed by atoms with Gasteiger partial charge in [0.05, 0.1) is 16.8 Å². The number of primary amides is 1. The lowest BCUT2D eigenvalue weighted by Gasteiger charge is -2.21. The molecule has 2 aromatic rings. The summed E-state index contributed by atoms with van der Waals surface area (Å²) in [5.41, 5.74) is 7.19. The van der Waals surface area contributed by atoms with Crippen molar-refractivity contribution in [3.05, 3.63) is 36.0 Å². The topological polar surface area (TPSA) is 91.8 Å². The van der Waals surface area contributed by atoms with Crippen molar-refractivity contribution in [1.82, 2.24) is 4.98 Å². The maximum atomic E-state index is 11.5. The maximum absolute atomic E-state index is 11.5. The van der Waals surface area contributed by atoms with Gasteiger partial charge in [-0.3, -0.25) is 9.78 Å². The summed E-state index contributed by atoms with van der Waals surface area (Å²) in [5.74, 6) is -0.421. The largest absolute Gasteiger partial charge is 0.372 e. The van der Waals surface area contributed by atoms with E-state index in [1.165, 1.54) is 6.20 Å². The second-order valence-electron chi connectivity index (χ2n) is 4.94. The molecule has 0 fully saturated rings. The normalized spacial score (nSPS) is 12.1. The number of pyridine rings is 1. The smallest absolute Gasteiger partial charge is 0.240 e. The average molecular weight is 268 g/mol. The van der Waals surface area contributed by atoms with Crippen LogP contribution in [0.5, 0.6) is 0 Å². The van der Waals surface area contributed by atoms with Gasteiger partial charge in [-0.05, 0) is 12.0 Å². The van der Waals surface area contributed by atoms with Crippen LogP contribution in [0, 0.1) is 17.2 Å². The third kappa shape index (κ3) is 2.54. The Hall–Kier alpha value is -2.61. The summed E-state index contributed by atoms with van der Waals surface area (Å²) in [5, 5.41) is 13.1. The van der Waals surface area contributed by atoms with E-state index in [0.29, 0.717) is 11.3 Å². The number of aromatic nitrogens is 1. The van der Waals surface area contributed by atoms with Gasteiger partial charge in [-0.2, -0.15) is 5.26 Å². The van der Waals surface area contributed by atoms with Crippen molar-refractivity contribution in [2.45, 2.75) is 19.9 Å². The Morgan fingerprint density at radius 2 is 2.10 bits per heavy atom. The molecule has 0 bridgehead atoms. The number of para-hydroxylation sites is 1. The summed E-state index contributed by atoms with van der Waals surface area (Å²) in [6, 6.07) is 9.02. The van der Waals surface area contributed by atoms with Crippen molar-refractivity contribution in [3.63, 3.8) is 0 Å². The van der Waals surface area contributed by atoms with Gasteiger partial charge in [-0.15, -0.1) is 0 Å². The minimum absolute atomic E-state index is 0.0194. The Labute approximate surface area is 117 Å². The molecule has 1 unspecified atom stereocenters. The summed E-state index contributed by atoms with van der Waals surface area (Å²) in [7, 11) is 0. The van der Waals surface area contributed by atoms with E-state index in [0.717, 1.165) is 10.9 Å². The Bertz CT molecular complexity index is 688. The van der Waals surface area contributed by atoms with Gasteiger partial charge in [0, 0.05) is 11.6 Å². The maximum Gasteiger partial charge on any atom is 0.240 e. The number of carbonyl (C=O) groups is 1. The van der Waals surface area contributed by atoms with Crippen LogP contribution in [0.25, 0.3) is 10.9 Å². The molecule has 1 heterocycles. The minimum Gasteiger partial charge on any atom is -0.372 e. The molecule has 0 spiro atoms. The van der Waals surface area contributed by atoms with Crippen molar-refractivity contribution in [3.8, 4) is 6.07 Å². The Morgan fingerprint density at radius 1 is 1.40 bits per heavy atom. The fourth-order valence-electron chi connectivity index (χ4n) is 2.10. The highest BCUT2D eigenvalue weighted by Crippen LogP contribution is 2.26. The van der Waals surface area contributed by atoms with Crippen LogP contribution in [-0.4, -0.2) is 16.9 Å². The highest BCUT2D eigenvalue weighted by Gasteiger charge is 2.21. The summed E-state index contributed by atoms with van der Waals surface area (Å²) in [6.45, 7) is 3.80. The fourth-order valence-corrected chi connectivity index (χ4v) is 2.10. The molecule has 0 aliphatic heterocycles. The van der Waals surface area contributed by atoms with E-state index in [-0.39, 0.29) is 5.92 Å². The first-order valence-corrected chi connectivity index (χ1v) is 6.38. The summed E-state index contributed by atoms with van der Waals surface area (Å²) >= 11 is 0. The lowest BCUT2D eigenvalue weighted by molar-refractivity contribution is -0.119. The molecule has 0 radical (unpaired) electrons. The zero-order valence-corrected chi connectivity index (χ0v) is 11.4. The molecule has 0 aliphatic carbocycles. The van der Waals surface area contributed by atoms with E-state index in [1.807, 2.05) is 38.1 Å². The second kappa shape index (κ2) is 5.57. The first-order chi connectivity index (χ1) is 9.54. The van der Waals surface area contributed by atoms with Crippen molar-refractivity contribution in [2.75, 3.05) is 5.32 Å². The highest BCUT2D eigenvalue weighted by molar-refractivity contribution is 5.96. The Morgan fingerprint density at radius 3 is 2.70 bits per heavy atom. The summed E-state index contributed by atoms with van der Waals surface area (Å²) < 4.78 is 0. The third-order valence-corrected chi connectivity index (χ3v) is 3.17. The van der Waals surface area contributed by atoms with Crippen LogP contribution in [0.2, 0.25) is 0 Å². The lowest BCUT2D eigenvalue weighted by Crippen LogP contribution is -2.39. The number of amides is 1. The molecular weight excluding hydrogens is 252 g/mol. The number of nitrogens with one attached hydrogen (secondary N) is 1. The number of fused-ring (bicyclic) bond motifs is 1. The lowest BCUT2D eigenvalue weighted by atomic mass is 10.0. The van der Waals surface area contributed by atoms with Crippen LogP contribution in [0.1, 0.15) is 19.4 Å². The fraction of sp³-hybridized carbons (Fsp3) is 0.267. The minimum atomic E-state index is -0.534. The summed E-state index contributed by atoms with van der Waals surface area (Å²) in [4.78, 5) is 15.8. The second-order valence-corrected chi connectivity index (χ2v) is 4.94. The zero-order chi connectivity index (χ0) is 14.7. The van der Waals surface area contributed by atoms with Crippen molar-refractivity contribution in [1.29, 1.82) is 5.26 Å². The van der Waals surface area contributed by atoms with Crippen molar-refractivity contribution >= 4 is 22.5 Å². The molecule has 1 amide bonds. The molecule has 1 atom stereocenters. The zero-order valence-electron chi connectivity index (χ0n) is 11.4. The Kier molecular flexibility index (Phi) is 3.85. The third-order valence-electron chi connectivity index (χ3n) is 3.17. The number of hydrogen-bond acceptors (Lipinski definition) is 4. The van der Waals surface area contributed by atoms with Crippen molar-refractivity contribution < 1.29 is 4.79 Å². The number of nitrogens with zero attached hydrogens (tertiary/aromatic N) is 2. The van der Waals surface area contributed by atoms with Crippen LogP contribution >= 0.6 is 0 Å². The van der Waals surface area contributed by atoms with Crippen LogP contribution in [0.15, 0.2) is 30.5 Å². The van der Waals surface area contributed by atoms with Gasteiger partial charge >= 0.3 is 0 Å². The molecule has 102 valence electrons. The Balaban J connectivity index is 2.57. The first kappa shape index (κ1) is 13.8. The standard InChI is InChI=1S/C15H16N4O/c1-9(2)13(15(17)20)19-14-10(7-16)8-18-12-6-4-3-5-11(12)14/h3-6,8-9,13H,1-2H3,(H2,17,20)(H,18,19). The van der Waals surface area contributed by atoms with E-state index < -0.39 is 11.9 Å². The van der Waals surface area contributed by atoms with E-state index in [2.05, 4.69) is 16.4 Å². The van der Waals surface area contributed by atoms with Gasteiger partial charge in [0.15, 0.2) is 0 Å². The number of benzene rings is 1. The predicted octanol–water partition coefficient (Wildman–Crippen LogP) is 2.03. The molecule has 5 nitrogen and oxygen atoms in total. The van der Waals surface area contributed by atoms with Crippen LogP contribution in [0.4, 0.5) is 5.69 Å². The van der Waals surface area contributed by atoms with Gasteiger partial charge in [-0.1, -0.05) is 32.0 Å². The van der Waals surface area contributed by atoms with Crippen molar-refractivity contribution in [2.24, 2.45) is 11.7 Å². The van der Waals surface area contributed by atoms with Gasteiger partial charge in [-0.25, -0.2) is 0 Å². The number of rotatable bonds is 4. The number of anilines is 1. The number of hydrogen-bond donors (Lipinski definition) is 2. The number of carbonyl (C=O) groups excluding carboxylic acids is 1. The van der Waals surface area contributed by atoms with Crippen LogP contribution in [-0.2, 0) is 4.79 Å². The molecule has 5 heteroatoms. The quantitative estimate of drug-likeness (QED) is 0.887. The van der Waals surface area contributed by atoms with E-state index in [9.17, 15) is 10.1 Å². The van der Waals surface area contributed by atoms with Gasteiger partial charge < -0.3 is 11.1 Å². The van der Waals surface area contributed by atoms with Crippen LogP contribution < -0.4 is 11.1 Å². The summed E-state index contributed by atoms with van der Waals surface area (Å²) in [6.07, 6.45) is 1.50. The number of nitriles is 1.